The third-order valence-corrected chi connectivity index (χ3v) is 3.74. The molecule has 7 nitrogen and oxygen atoms in total. The number of Topliss-reactive ketones (excluding diaryl/α,β-unsaturated/α-hetero) is 4. The standard InChI is InChI=1S/C20H35N3O4/c1-16(2)11-22(13-18(4)25)9-7-21(12-17(3)24)8-10-23(14-19(5)26)15-20(6)27/h1,7-15H2,2-6H3. The average molecular weight is 382 g/mol. The molecule has 0 rings (SSSR count). The molecular weight excluding hydrogens is 346 g/mol. The summed E-state index contributed by atoms with van der Waals surface area (Å²) in [6.07, 6.45) is 0. The highest BCUT2D eigenvalue weighted by Gasteiger charge is 2.16. The molecule has 0 radical (unpaired) electrons. The van der Waals surface area contributed by atoms with Crippen LogP contribution in [-0.2, 0) is 19.2 Å². The van der Waals surface area contributed by atoms with Crippen LogP contribution < -0.4 is 0 Å². The van der Waals surface area contributed by atoms with Crippen LogP contribution in [0.25, 0.3) is 0 Å². The molecule has 0 fully saturated rings. The van der Waals surface area contributed by atoms with Crippen molar-refractivity contribution in [2.45, 2.75) is 34.6 Å². The molecule has 154 valence electrons. The minimum atomic E-state index is 0.00320. The normalized spacial score (nSPS) is 11.3. The van der Waals surface area contributed by atoms with Gasteiger partial charge in [0.15, 0.2) is 0 Å². The fourth-order valence-corrected chi connectivity index (χ4v) is 2.90. The minimum absolute atomic E-state index is 0.00320. The number of ketones is 4. The third kappa shape index (κ3) is 15.1. The molecule has 27 heavy (non-hydrogen) atoms. The van der Waals surface area contributed by atoms with Crippen molar-refractivity contribution in [1.82, 2.24) is 14.7 Å². The molecule has 7 heteroatoms. The SMILES string of the molecule is C=C(C)CN(CCN(CCN(CC(C)=O)CC(C)=O)CC(C)=O)CC(C)=O. The first-order valence-corrected chi connectivity index (χ1v) is 9.28. The largest absolute Gasteiger partial charge is 0.299 e. The van der Waals surface area contributed by atoms with E-state index in [2.05, 4.69) is 6.58 Å². The first kappa shape index (κ1) is 25.3. The van der Waals surface area contributed by atoms with E-state index >= 15 is 0 Å². The molecule has 0 N–H and O–H groups in total. The fraction of sp³-hybridized carbons (Fsp3) is 0.700. The van der Waals surface area contributed by atoms with Gasteiger partial charge in [0.25, 0.3) is 0 Å². The van der Waals surface area contributed by atoms with Gasteiger partial charge in [-0.15, -0.1) is 0 Å². The van der Waals surface area contributed by atoms with Gasteiger partial charge in [-0.3, -0.25) is 33.9 Å². The lowest BCUT2D eigenvalue weighted by Crippen LogP contribution is -2.44. The fourth-order valence-electron chi connectivity index (χ4n) is 2.90. The number of rotatable bonds is 16. The molecule has 0 aliphatic carbocycles. The molecule has 0 heterocycles. The zero-order valence-electron chi connectivity index (χ0n) is 17.5. The topological polar surface area (TPSA) is 78.0 Å². The zero-order valence-corrected chi connectivity index (χ0v) is 17.5. The molecule has 0 aromatic carbocycles. The number of carbonyl (C=O) groups is 4. The lowest BCUT2D eigenvalue weighted by molar-refractivity contribution is -0.122. The molecule has 0 amide bonds. The van der Waals surface area contributed by atoms with E-state index in [1.54, 1.807) is 11.8 Å². The predicted molar refractivity (Wildman–Crippen MR) is 107 cm³/mol. The van der Waals surface area contributed by atoms with Crippen LogP contribution in [-0.4, -0.2) is 96.7 Å². The highest BCUT2D eigenvalue weighted by molar-refractivity contribution is 5.80. The molecule has 0 bridgehead atoms. The maximum Gasteiger partial charge on any atom is 0.143 e. The van der Waals surface area contributed by atoms with E-state index in [1.165, 1.54) is 20.8 Å². The Morgan fingerprint density at radius 1 is 0.519 bits per heavy atom. The molecular formula is C20H35N3O4. The number of hydrogen-bond donors (Lipinski definition) is 0. The number of hydrogen-bond acceptors (Lipinski definition) is 7. The zero-order chi connectivity index (χ0) is 21.0. The highest BCUT2D eigenvalue weighted by Crippen LogP contribution is 2.00. The van der Waals surface area contributed by atoms with E-state index in [4.69, 9.17) is 0 Å². The smallest absolute Gasteiger partial charge is 0.143 e. The van der Waals surface area contributed by atoms with Gasteiger partial charge in [-0.1, -0.05) is 12.2 Å². The van der Waals surface area contributed by atoms with E-state index in [-0.39, 0.29) is 36.2 Å². The van der Waals surface area contributed by atoms with Crippen LogP contribution in [0.2, 0.25) is 0 Å². The van der Waals surface area contributed by atoms with Crippen LogP contribution in [0.3, 0.4) is 0 Å². The van der Waals surface area contributed by atoms with Crippen molar-refractivity contribution in [3.63, 3.8) is 0 Å². The van der Waals surface area contributed by atoms with Crippen LogP contribution in [0.5, 0.6) is 0 Å². The Labute approximate surface area is 163 Å². The summed E-state index contributed by atoms with van der Waals surface area (Å²) in [6.45, 7) is 16.0. The van der Waals surface area contributed by atoms with E-state index in [0.29, 0.717) is 45.8 Å². The molecule has 0 aliphatic rings. The van der Waals surface area contributed by atoms with Gasteiger partial charge >= 0.3 is 0 Å². The quantitative estimate of drug-likeness (QED) is 0.366. The lowest BCUT2D eigenvalue weighted by Gasteiger charge is -2.28. The van der Waals surface area contributed by atoms with Gasteiger partial charge in [-0.05, 0) is 34.6 Å². The van der Waals surface area contributed by atoms with Crippen LogP contribution >= 0.6 is 0 Å². The van der Waals surface area contributed by atoms with Gasteiger partial charge < -0.3 is 0 Å². The Hall–Kier alpha value is -1.70. The van der Waals surface area contributed by atoms with Crippen molar-refractivity contribution in [2.75, 3.05) is 58.9 Å². The second kappa shape index (κ2) is 13.5. The van der Waals surface area contributed by atoms with Crippen molar-refractivity contribution in [3.8, 4) is 0 Å². The van der Waals surface area contributed by atoms with Gasteiger partial charge in [0.05, 0.1) is 26.2 Å². The molecule has 0 saturated carbocycles. The Bertz CT molecular complexity index is 473. The lowest BCUT2D eigenvalue weighted by atomic mass is 10.2. The summed E-state index contributed by atoms with van der Waals surface area (Å²) in [6, 6.07) is 0. The summed E-state index contributed by atoms with van der Waals surface area (Å²) in [5, 5.41) is 0. The Kier molecular flexibility index (Phi) is 12.6. The van der Waals surface area contributed by atoms with Crippen molar-refractivity contribution in [2.24, 2.45) is 0 Å². The van der Waals surface area contributed by atoms with Gasteiger partial charge in [0, 0.05) is 32.7 Å². The van der Waals surface area contributed by atoms with Gasteiger partial charge in [-0.25, -0.2) is 0 Å². The number of carbonyl (C=O) groups excluding carboxylic acids is 4. The van der Waals surface area contributed by atoms with Crippen LogP contribution in [0.4, 0.5) is 0 Å². The summed E-state index contributed by atoms with van der Waals surface area (Å²) in [5.41, 5.74) is 0.975. The molecule has 0 aromatic rings. The summed E-state index contributed by atoms with van der Waals surface area (Å²) < 4.78 is 0. The molecule has 0 aliphatic heterocycles. The van der Waals surface area contributed by atoms with Gasteiger partial charge in [0.2, 0.25) is 0 Å². The van der Waals surface area contributed by atoms with E-state index in [1.807, 2.05) is 16.7 Å². The first-order valence-electron chi connectivity index (χ1n) is 9.28. The Morgan fingerprint density at radius 3 is 1.07 bits per heavy atom. The molecule has 0 atom stereocenters. The third-order valence-electron chi connectivity index (χ3n) is 3.74. The maximum absolute atomic E-state index is 11.6. The van der Waals surface area contributed by atoms with Crippen molar-refractivity contribution < 1.29 is 19.2 Å². The summed E-state index contributed by atoms with van der Waals surface area (Å²) in [7, 11) is 0. The highest BCUT2D eigenvalue weighted by atomic mass is 16.1. The molecule has 0 spiro atoms. The van der Waals surface area contributed by atoms with Gasteiger partial charge in [-0.2, -0.15) is 0 Å². The van der Waals surface area contributed by atoms with Crippen molar-refractivity contribution in [1.29, 1.82) is 0 Å². The molecule has 0 unspecified atom stereocenters. The van der Waals surface area contributed by atoms with Crippen molar-refractivity contribution in [3.05, 3.63) is 12.2 Å². The second-order valence-electron chi connectivity index (χ2n) is 7.46. The van der Waals surface area contributed by atoms with E-state index < -0.39 is 0 Å². The first-order chi connectivity index (χ1) is 12.5. The van der Waals surface area contributed by atoms with Gasteiger partial charge in [0.1, 0.15) is 23.1 Å². The summed E-state index contributed by atoms with van der Waals surface area (Å²) >= 11 is 0. The van der Waals surface area contributed by atoms with Crippen LogP contribution in [0, 0.1) is 0 Å². The Morgan fingerprint density at radius 2 is 0.778 bits per heavy atom. The van der Waals surface area contributed by atoms with Crippen molar-refractivity contribution >= 4 is 23.1 Å². The Balaban J connectivity index is 4.85. The monoisotopic (exact) mass is 381 g/mol. The maximum atomic E-state index is 11.6. The second-order valence-corrected chi connectivity index (χ2v) is 7.46. The molecule has 0 saturated heterocycles. The summed E-state index contributed by atoms with van der Waals surface area (Å²) in [4.78, 5) is 51.7. The average Bonchev–Trinajstić information content (AvgIpc) is 2.46. The predicted octanol–water partition coefficient (Wildman–Crippen LogP) is 0.825. The number of nitrogens with zero attached hydrogens (tertiary/aromatic N) is 3. The minimum Gasteiger partial charge on any atom is -0.299 e. The molecule has 0 aromatic heterocycles. The van der Waals surface area contributed by atoms with E-state index in [0.717, 1.165) is 5.57 Å². The van der Waals surface area contributed by atoms with Crippen LogP contribution in [0.1, 0.15) is 34.6 Å². The van der Waals surface area contributed by atoms with E-state index in [9.17, 15) is 19.2 Å². The van der Waals surface area contributed by atoms with Crippen LogP contribution in [0.15, 0.2) is 12.2 Å². The summed E-state index contributed by atoms with van der Waals surface area (Å²) in [5.74, 6) is 0.146.